The van der Waals surface area contributed by atoms with Gasteiger partial charge in [-0.15, -0.1) is 0 Å². The van der Waals surface area contributed by atoms with E-state index < -0.39 is 0 Å². The first-order chi connectivity index (χ1) is 4.72. The first kappa shape index (κ1) is 9.14. The summed E-state index contributed by atoms with van der Waals surface area (Å²) in [4.78, 5) is 0. The molecule has 0 N–H and O–H groups in total. The zero-order chi connectivity index (χ0) is 7.98. The van der Waals surface area contributed by atoms with Crippen molar-refractivity contribution in [3.8, 4) is 0 Å². The molecule has 0 radical (unpaired) electrons. The van der Waals surface area contributed by atoms with Crippen LogP contribution in [0.1, 0.15) is 20.8 Å². The number of rotatable bonds is 4. The molecule has 0 aliphatic carbocycles. The molecule has 0 saturated heterocycles. The van der Waals surface area contributed by atoms with E-state index in [-0.39, 0.29) is 0 Å². The Hall–Kier alpha value is -0.860. The minimum atomic E-state index is 0.341. The van der Waals surface area contributed by atoms with Crippen LogP contribution in [-0.4, -0.2) is 17.6 Å². The molecule has 0 aliphatic heterocycles. The van der Waals surface area contributed by atoms with Crippen molar-refractivity contribution in [2.45, 2.75) is 26.8 Å². The van der Waals surface area contributed by atoms with E-state index in [1.54, 1.807) is 11.2 Å². The van der Waals surface area contributed by atoms with E-state index in [1.807, 2.05) is 20.8 Å². The van der Waals surface area contributed by atoms with Gasteiger partial charge in [0.2, 0.25) is 0 Å². The Morgan fingerprint density at radius 2 is 2.20 bits per heavy atom. The molecule has 0 atom stereocenters. The molecule has 0 rings (SSSR count). The van der Waals surface area contributed by atoms with Gasteiger partial charge >= 0.3 is 0 Å². The molecular formula is C7H15N3. The monoisotopic (exact) mass is 141 g/mol. The van der Waals surface area contributed by atoms with Crippen LogP contribution in [0.3, 0.4) is 0 Å². The Bertz CT molecular complexity index is 118. The van der Waals surface area contributed by atoms with Gasteiger partial charge in [-0.3, -0.25) is 5.01 Å². The van der Waals surface area contributed by atoms with Gasteiger partial charge in [-0.2, -0.15) is 5.11 Å². The van der Waals surface area contributed by atoms with Gasteiger partial charge < -0.3 is 0 Å². The first-order valence-electron chi connectivity index (χ1n) is 3.50. The maximum atomic E-state index is 3.90. The Labute approximate surface area is 62.4 Å². The highest BCUT2D eigenvalue weighted by atomic mass is 15.5. The van der Waals surface area contributed by atoms with Gasteiger partial charge in [0.1, 0.15) is 0 Å². The van der Waals surface area contributed by atoms with Crippen molar-refractivity contribution in [3.05, 3.63) is 12.8 Å². The van der Waals surface area contributed by atoms with Gasteiger partial charge in [-0.1, -0.05) is 11.8 Å². The molecule has 0 aromatic rings. The Morgan fingerprint density at radius 3 is 2.50 bits per heavy atom. The molecule has 0 aromatic carbocycles. The van der Waals surface area contributed by atoms with E-state index in [2.05, 4.69) is 16.9 Å². The normalized spacial score (nSPS) is 10.8. The molecule has 3 heteroatoms. The third kappa shape index (κ3) is 3.22. The van der Waals surface area contributed by atoms with Gasteiger partial charge in [0, 0.05) is 12.2 Å². The second-order valence-electron chi connectivity index (χ2n) is 2.20. The average molecular weight is 141 g/mol. The van der Waals surface area contributed by atoms with Crippen molar-refractivity contribution in [2.75, 3.05) is 6.54 Å². The van der Waals surface area contributed by atoms with Gasteiger partial charge in [0.05, 0.1) is 6.54 Å². The first-order valence-corrected chi connectivity index (χ1v) is 3.50. The minimum absolute atomic E-state index is 0.341. The van der Waals surface area contributed by atoms with Crippen LogP contribution < -0.4 is 0 Å². The van der Waals surface area contributed by atoms with Crippen LogP contribution in [0.15, 0.2) is 23.1 Å². The van der Waals surface area contributed by atoms with E-state index in [0.29, 0.717) is 6.04 Å². The largest absolute Gasteiger partial charge is 0.253 e. The predicted molar refractivity (Wildman–Crippen MR) is 42.6 cm³/mol. The summed E-state index contributed by atoms with van der Waals surface area (Å²) in [5.41, 5.74) is 0. The molecule has 0 amide bonds. The Morgan fingerprint density at radius 1 is 1.60 bits per heavy atom. The molecule has 10 heavy (non-hydrogen) atoms. The molecule has 0 aliphatic rings. The number of hydrogen-bond acceptors (Lipinski definition) is 2. The lowest BCUT2D eigenvalue weighted by Gasteiger charge is -2.15. The molecule has 0 bridgehead atoms. The van der Waals surface area contributed by atoms with Crippen molar-refractivity contribution < 1.29 is 0 Å². The summed E-state index contributed by atoms with van der Waals surface area (Å²) in [5.74, 6) is 0. The molecule has 0 fully saturated rings. The molecular weight excluding hydrogens is 126 g/mol. The minimum Gasteiger partial charge on any atom is -0.253 e. The van der Waals surface area contributed by atoms with Crippen LogP contribution in [0.4, 0.5) is 0 Å². The molecule has 58 valence electrons. The second-order valence-corrected chi connectivity index (χ2v) is 2.20. The van der Waals surface area contributed by atoms with E-state index in [4.69, 9.17) is 0 Å². The summed E-state index contributed by atoms with van der Waals surface area (Å²) in [5, 5.41) is 9.47. The van der Waals surface area contributed by atoms with Crippen molar-refractivity contribution >= 4 is 0 Å². The lowest BCUT2D eigenvalue weighted by molar-refractivity contribution is 0.304. The van der Waals surface area contributed by atoms with Crippen molar-refractivity contribution in [1.82, 2.24) is 5.01 Å². The SMILES string of the molecule is C=CN(/N=N\CC)C(C)C. The fourth-order valence-corrected chi connectivity index (χ4v) is 0.487. The molecule has 0 aromatic heterocycles. The summed E-state index contributed by atoms with van der Waals surface area (Å²) >= 11 is 0. The molecule has 0 saturated carbocycles. The second kappa shape index (κ2) is 4.97. The summed E-state index contributed by atoms with van der Waals surface area (Å²) in [6.45, 7) is 10.4. The highest BCUT2D eigenvalue weighted by Crippen LogP contribution is 1.98. The summed E-state index contributed by atoms with van der Waals surface area (Å²) < 4.78 is 0. The quantitative estimate of drug-likeness (QED) is 0.436. The molecule has 3 nitrogen and oxygen atoms in total. The summed E-state index contributed by atoms with van der Waals surface area (Å²) in [6, 6.07) is 0.341. The van der Waals surface area contributed by atoms with Crippen molar-refractivity contribution in [3.63, 3.8) is 0 Å². The topological polar surface area (TPSA) is 28.0 Å². The van der Waals surface area contributed by atoms with E-state index in [9.17, 15) is 0 Å². The maximum Gasteiger partial charge on any atom is 0.0592 e. The number of hydrogen-bond donors (Lipinski definition) is 0. The van der Waals surface area contributed by atoms with Gasteiger partial charge in [0.25, 0.3) is 0 Å². The standard InChI is InChI=1S/C7H15N3/c1-5-8-9-10(6-2)7(3)4/h6-7H,2,5H2,1,3-4H3/b9-8-. The predicted octanol–water partition coefficient (Wildman–Crippen LogP) is 2.23. The summed E-state index contributed by atoms with van der Waals surface area (Å²) in [7, 11) is 0. The van der Waals surface area contributed by atoms with Crippen LogP contribution in [0.2, 0.25) is 0 Å². The van der Waals surface area contributed by atoms with Crippen LogP contribution in [0, 0.1) is 0 Å². The molecule has 0 spiro atoms. The third-order valence-corrected chi connectivity index (χ3v) is 1.02. The fraction of sp³-hybridized carbons (Fsp3) is 0.714. The lowest BCUT2D eigenvalue weighted by atomic mass is 10.4. The van der Waals surface area contributed by atoms with Crippen molar-refractivity contribution in [2.24, 2.45) is 10.3 Å². The Kier molecular flexibility index (Phi) is 4.54. The van der Waals surface area contributed by atoms with Crippen LogP contribution in [0.5, 0.6) is 0 Å². The zero-order valence-corrected chi connectivity index (χ0v) is 6.91. The van der Waals surface area contributed by atoms with E-state index >= 15 is 0 Å². The zero-order valence-electron chi connectivity index (χ0n) is 6.91. The number of nitrogens with zero attached hydrogens (tertiary/aromatic N) is 3. The molecule has 0 heterocycles. The van der Waals surface area contributed by atoms with Crippen LogP contribution in [-0.2, 0) is 0 Å². The van der Waals surface area contributed by atoms with E-state index in [1.165, 1.54) is 0 Å². The average Bonchev–Trinajstić information content (AvgIpc) is 1.89. The lowest BCUT2D eigenvalue weighted by Crippen LogP contribution is -2.18. The summed E-state index contributed by atoms with van der Waals surface area (Å²) in [6.07, 6.45) is 1.67. The highest BCUT2D eigenvalue weighted by Gasteiger charge is 1.98. The van der Waals surface area contributed by atoms with Gasteiger partial charge in [-0.05, 0) is 20.8 Å². The molecule has 0 unspecified atom stereocenters. The van der Waals surface area contributed by atoms with Gasteiger partial charge in [0.15, 0.2) is 0 Å². The Balaban J connectivity index is 3.82. The fourth-order valence-electron chi connectivity index (χ4n) is 0.487. The smallest absolute Gasteiger partial charge is 0.0592 e. The maximum absolute atomic E-state index is 3.90. The van der Waals surface area contributed by atoms with Crippen LogP contribution in [0.25, 0.3) is 0 Å². The van der Waals surface area contributed by atoms with Crippen LogP contribution >= 0.6 is 0 Å². The third-order valence-electron chi connectivity index (χ3n) is 1.02. The van der Waals surface area contributed by atoms with E-state index in [0.717, 1.165) is 6.54 Å². The van der Waals surface area contributed by atoms with Gasteiger partial charge in [-0.25, -0.2) is 0 Å². The highest BCUT2D eigenvalue weighted by molar-refractivity contribution is 4.68. The van der Waals surface area contributed by atoms with Crippen molar-refractivity contribution in [1.29, 1.82) is 0 Å².